The fourth-order valence-electron chi connectivity index (χ4n) is 4.11. The zero-order chi connectivity index (χ0) is 21.3. The normalized spacial score (nSPS) is 27.4. The van der Waals surface area contributed by atoms with Crippen LogP contribution in [0, 0.1) is 11.8 Å². The average molecular weight is 409 g/mol. The second kappa shape index (κ2) is 7.96. The number of rotatable bonds is 5. The zero-order valence-electron chi connectivity index (χ0n) is 16.7. The van der Waals surface area contributed by atoms with Crippen molar-refractivity contribution in [1.29, 1.82) is 0 Å². The van der Waals surface area contributed by atoms with Gasteiger partial charge in [-0.2, -0.15) is 8.78 Å². The number of amides is 4. The molecule has 3 atom stereocenters. The molecule has 2 aliphatic rings. The number of carbonyl (C=O) groups is 3. The first kappa shape index (κ1) is 21.0. The Balaban J connectivity index is 1.72. The van der Waals surface area contributed by atoms with Gasteiger partial charge in [-0.1, -0.05) is 26.0 Å². The number of imide groups is 1. The Morgan fingerprint density at radius 1 is 1.21 bits per heavy atom. The molecule has 2 aliphatic heterocycles. The van der Waals surface area contributed by atoms with Gasteiger partial charge < -0.3 is 15.0 Å². The summed E-state index contributed by atoms with van der Waals surface area (Å²) in [6, 6.07) is 4.83. The molecule has 1 aromatic rings. The van der Waals surface area contributed by atoms with Crippen LogP contribution in [0.4, 0.5) is 13.6 Å². The van der Waals surface area contributed by atoms with Crippen LogP contribution in [0.25, 0.3) is 0 Å². The molecule has 0 aliphatic carbocycles. The highest BCUT2D eigenvalue weighted by Gasteiger charge is 2.49. The highest BCUT2D eigenvalue weighted by Crippen LogP contribution is 2.30. The SMILES string of the molecule is C[C@@H]1C[C@H](C)CN(C(=O)CN2C(=O)N[C@](C)(c3ccc(OC(F)F)cc3)C2=O)C1. The number of urea groups is 1. The lowest BCUT2D eigenvalue weighted by Gasteiger charge is -2.35. The topological polar surface area (TPSA) is 79.0 Å². The lowest BCUT2D eigenvalue weighted by atomic mass is 9.91. The second-order valence-electron chi connectivity index (χ2n) is 8.09. The summed E-state index contributed by atoms with van der Waals surface area (Å²) in [5.74, 6) is -0.145. The third-order valence-corrected chi connectivity index (χ3v) is 5.45. The summed E-state index contributed by atoms with van der Waals surface area (Å²) >= 11 is 0. The molecule has 3 rings (SSSR count). The van der Waals surface area contributed by atoms with Gasteiger partial charge in [0.25, 0.3) is 5.91 Å². The van der Waals surface area contributed by atoms with E-state index < -0.39 is 24.1 Å². The number of carbonyl (C=O) groups excluding carboxylic acids is 3. The Labute approximate surface area is 168 Å². The summed E-state index contributed by atoms with van der Waals surface area (Å²) in [5.41, 5.74) is -0.976. The van der Waals surface area contributed by atoms with E-state index in [4.69, 9.17) is 0 Å². The number of piperidine rings is 1. The van der Waals surface area contributed by atoms with Crippen molar-refractivity contribution in [2.75, 3.05) is 19.6 Å². The molecule has 2 heterocycles. The Morgan fingerprint density at radius 2 is 1.79 bits per heavy atom. The smallest absolute Gasteiger partial charge is 0.387 e. The van der Waals surface area contributed by atoms with Crippen LogP contribution in [0.2, 0.25) is 0 Å². The van der Waals surface area contributed by atoms with Gasteiger partial charge in [0.05, 0.1) is 0 Å². The van der Waals surface area contributed by atoms with Gasteiger partial charge in [-0.3, -0.25) is 14.5 Å². The predicted molar refractivity (Wildman–Crippen MR) is 100 cm³/mol. The minimum Gasteiger partial charge on any atom is -0.435 e. The summed E-state index contributed by atoms with van der Waals surface area (Å²) in [6.07, 6.45) is 1.04. The molecule has 0 spiro atoms. The van der Waals surface area contributed by atoms with Crippen molar-refractivity contribution < 1.29 is 27.9 Å². The van der Waals surface area contributed by atoms with Gasteiger partial charge in [0.15, 0.2) is 0 Å². The lowest BCUT2D eigenvalue weighted by Crippen LogP contribution is -2.48. The molecule has 9 heteroatoms. The van der Waals surface area contributed by atoms with E-state index in [9.17, 15) is 23.2 Å². The monoisotopic (exact) mass is 409 g/mol. The van der Waals surface area contributed by atoms with Gasteiger partial charge >= 0.3 is 12.6 Å². The first-order chi connectivity index (χ1) is 13.6. The molecule has 7 nitrogen and oxygen atoms in total. The molecule has 0 aromatic heterocycles. The third-order valence-electron chi connectivity index (χ3n) is 5.45. The summed E-state index contributed by atoms with van der Waals surface area (Å²) < 4.78 is 28.9. The van der Waals surface area contributed by atoms with E-state index in [1.807, 2.05) is 0 Å². The van der Waals surface area contributed by atoms with Gasteiger partial charge in [0, 0.05) is 13.1 Å². The van der Waals surface area contributed by atoms with Crippen molar-refractivity contribution >= 4 is 17.8 Å². The van der Waals surface area contributed by atoms with Crippen LogP contribution >= 0.6 is 0 Å². The summed E-state index contributed by atoms with van der Waals surface area (Å²) in [7, 11) is 0. The molecule has 1 N–H and O–H groups in total. The van der Waals surface area contributed by atoms with Crippen LogP contribution in [-0.4, -0.2) is 53.9 Å². The van der Waals surface area contributed by atoms with Crippen LogP contribution in [0.15, 0.2) is 24.3 Å². The first-order valence-electron chi connectivity index (χ1n) is 9.57. The Kier molecular flexibility index (Phi) is 5.77. The number of hydrogen-bond acceptors (Lipinski definition) is 4. The van der Waals surface area contributed by atoms with E-state index in [0.717, 1.165) is 11.3 Å². The number of ether oxygens (including phenoxy) is 1. The lowest BCUT2D eigenvalue weighted by molar-refractivity contribution is -0.140. The van der Waals surface area contributed by atoms with Crippen molar-refractivity contribution in [2.45, 2.75) is 39.3 Å². The van der Waals surface area contributed by atoms with E-state index in [-0.39, 0.29) is 18.2 Å². The van der Waals surface area contributed by atoms with Crippen molar-refractivity contribution in [1.82, 2.24) is 15.1 Å². The number of nitrogens with one attached hydrogen (secondary N) is 1. The molecule has 0 radical (unpaired) electrons. The van der Waals surface area contributed by atoms with E-state index in [2.05, 4.69) is 23.9 Å². The Bertz CT molecular complexity index is 791. The maximum Gasteiger partial charge on any atom is 0.387 e. The standard InChI is InChI=1S/C20H25F2N3O4/c1-12-8-13(2)10-24(9-12)16(26)11-25-17(27)20(3,23-19(25)28)14-4-6-15(7-5-14)29-18(21)22/h4-7,12-13,18H,8-11H2,1-3H3,(H,23,28)/t12-,13+,20-/m1/s1. The minimum atomic E-state index is -2.95. The van der Waals surface area contributed by atoms with Crippen molar-refractivity contribution in [3.8, 4) is 5.75 Å². The molecule has 2 saturated heterocycles. The van der Waals surface area contributed by atoms with Gasteiger partial charge in [0.2, 0.25) is 5.91 Å². The largest absolute Gasteiger partial charge is 0.435 e. The number of halogens is 2. The van der Waals surface area contributed by atoms with Gasteiger partial charge in [0.1, 0.15) is 17.8 Å². The predicted octanol–water partition coefficient (Wildman–Crippen LogP) is 2.56. The van der Waals surface area contributed by atoms with Crippen LogP contribution in [0.1, 0.15) is 32.8 Å². The highest BCUT2D eigenvalue weighted by atomic mass is 19.3. The maximum absolute atomic E-state index is 13.0. The van der Waals surface area contributed by atoms with E-state index in [0.29, 0.717) is 30.5 Å². The van der Waals surface area contributed by atoms with Gasteiger partial charge in [-0.15, -0.1) is 0 Å². The zero-order valence-corrected chi connectivity index (χ0v) is 16.7. The second-order valence-corrected chi connectivity index (χ2v) is 8.09. The Morgan fingerprint density at radius 3 is 2.34 bits per heavy atom. The van der Waals surface area contributed by atoms with Gasteiger partial charge in [-0.25, -0.2) is 4.79 Å². The third kappa shape index (κ3) is 4.33. The Hall–Kier alpha value is -2.71. The molecular weight excluding hydrogens is 384 g/mol. The van der Waals surface area contributed by atoms with Crippen LogP contribution in [-0.2, 0) is 15.1 Å². The van der Waals surface area contributed by atoms with E-state index >= 15 is 0 Å². The molecule has 0 bridgehead atoms. The first-order valence-corrected chi connectivity index (χ1v) is 9.57. The fraction of sp³-hybridized carbons (Fsp3) is 0.550. The molecule has 0 unspecified atom stereocenters. The van der Waals surface area contributed by atoms with Crippen molar-refractivity contribution in [3.63, 3.8) is 0 Å². The molecule has 1 aromatic carbocycles. The van der Waals surface area contributed by atoms with E-state index in [1.165, 1.54) is 31.2 Å². The molecule has 2 fully saturated rings. The summed E-state index contributed by atoms with van der Waals surface area (Å²) in [5, 5.41) is 2.61. The minimum absolute atomic E-state index is 0.0514. The molecular formula is C20H25F2N3O4. The number of nitrogens with zero attached hydrogens (tertiary/aromatic N) is 2. The number of benzene rings is 1. The van der Waals surface area contributed by atoms with E-state index in [1.54, 1.807) is 4.90 Å². The van der Waals surface area contributed by atoms with Crippen LogP contribution < -0.4 is 10.1 Å². The number of alkyl halides is 2. The number of hydrogen-bond donors (Lipinski definition) is 1. The number of likely N-dealkylation sites (tertiary alicyclic amines) is 1. The van der Waals surface area contributed by atoms with Crippen LogP contribution in [0.3, 0.4) is 0 Å². The quantitative estimate of drug-likeness (QED) is 0.758. The maximum atomic E-state index is 13.0. The molecule has 0 saturated carbocycles. The van der Waals surface area contributed by atoms with Gasteiger partial charge in [-0.05, 0) is 42.9 Å². The fourth-order valence-corrected chi connectivity index (χ4v) is 4.11. The molecule has 4 amide bonds. The highest BCUT2D eigenvalue weighted by molar-refractivity contribution is 6.09. The van der Waals surface area contributed by atoms with Crippen LogP contribution in [0.5, 0.6) is 5.75 Å². The van der Waals surface area contributed by atoms with Crippen molar-refractivity contribution in [2.24, 2.45) is 11.8 Å². The summed E-state index contributed by atoms with van der Waals surface area (Å²) in [4.78, 5) is 40.7. The average Bonchev–Trinajstić information content (AvgIpc) is 2.85. The van der Waals surface area contributed by atoms with Crippen molar-refractivity contribution in [3.05, 3.63) is 29.8 Å². The molecule has 158 valence electrons. The molecule has 29 heavy (non-hydrogen) atoms. The summed E-state index contributed by atoms with van der Waals surface area (Å²) in [6.45, 7) is 3.60.